The first-order valence-electron chi connectivity index (χ1n) is 3.17. The van der Waals surface area contributed by atoms with Crippen LogP contribution in [-0.2, 0) is 37.4 Å². The molecule has 1 N–H and O–H groups in total. The Morgan fingerprint density at radius 2 is 1.00 bits per heavy atom. The minimum atomic E-state index is -7.37. The van der Waals surface area contributed by atoms with E-state index in [1.807, 2.05) is 0 Å². The fourth-order valence-electron chi connectivity index (χ4n) is 0.523. The van der Waals surface area contributed by atoms with Crippen LogP contribution in [0.15, 0.2) is 0 Å². The molecule has 0 fully saturated rings. The molecule has 0 atom stereocenters. The minimum Gasteiger partial charge on any atom is -0.281 e. The molecule has 14 heteroatoms. The van der Waals surface area contributed by atoms with Crippen molar-refractivity contribution in [2.75, 3.05) is 0 Å². The maximum Gasteiger partial charge on any atom is 0.460 e. The van der Waals surface area contributed by atoms with Crippen LogP contribution in [0, 0.1) is 0 Å². The van der Waals surface area contributed by atoms with Crippen molar-refractivity contribution in [1.29, 1.82) is 0 Å². The molecule has 0 aromatic heterocycles. The number of hydrogen-bond donors (Lipinski definition) is 1. The first-order chi connectivity index (χ1) is 7.00. The molecule has 0 aromatic carbocycles. The molecule has 0 amide bonds. The predicted octanol–water partition coefficient (Wildman–Crippen LogP) is 2.30. The van der Waals surface area contributed by atoms with Gasteiger partial charge in [0.2, 0.25) is 0 Å². The second kappa shape index (κ2) is 4.95. The number of hydrogen-bond acceptors (Lipinski definition) is 2. The van der Waals surface area contributed by atoms with Crippen LogP contribution >= 0.6 is 0 Å². The molecule has 0 aliphatic carbocycles. The van der Waals surface area contributed by atoms with E-state index in [9.17, 15) is 47.9 Å². The summed E-state index contributed by atoms with van der Waals surface area (Å²) in [7, 11) is -7.17. The maximum atomic E-state index is 12.2. The summed E-state index contributed by atoms with van der Waals surface area (Å²) in [5, 5.41) is -7.00. The van der Waals surface area contributed by atoms with Crippen molar-refractivity contribution in [3.63, 3.8) is 0 Å². The molecule has 3 nitrogen and oxygen atoms in total. The largest absolute Gasteiger partial charge is 0.460 e. The van der Waals surface area contributed by atoms with Gasteiger partial charge in [-0.15, -0.1) is 0 Å². The van der Waals surface area contributed by atoms with Gasteiger partial charge in [-0.3, -0.25) is 4.55 Å². The summed E-state index contributed by atoms with van der Waals surface area (Å²) in [6.07, 6.45) is -7.13. The van der Waals surface area contributed by atoms with Gasteiger partial charge in [-0.2, -0.15) is 47.9 Å². The van der Waals surface area contributed by atoms with E-state index >= 15 is 0 Å². The van der Waals surface area contributed by atoms with Gasteiger partial charge in [0.1, 0.15) is 0 Å². The van der Waals surface area contributed by atoms with Crippen molar-refractivity contribution in [2.45, 2.75) is 23.3 Å². The minimum absolute atomic E-state index is 0. The summed E-state index contributed by atoms with van der Waals surface area (Å²) in [4.78, 5) is 0. The molecule has 0 radical (unpaired) electrons. The quantitative estimate of drug-likeness (QED) is 0.440. The Kier molecular flexibility index (Phi) is 5.64. The third-order valence-corrected chi connectivity index (χ3v) is 2.34. The smallest absolute Gasteiger partial charge is 0.281 e. The predicted molar refractivity (Wildman–Crippen MR) is 32.4 cm³/mol. The fraction of sp³-hybridized carbons (Fsp3) is 1.00. The van der Waals surface area contributed by atoms with E-state index in [2.05, 4.69) is 0 Å². The van der Waals surface area contributed by atoms with Crippen molar-refractivity contribution in [1.82, 2.24) is 0 Å². The summed E-state index contributed by atoms with van der Waals surface area (Å²) >= 11 is 0. The molecule has 0 aliphatic rings. The molecule has 106 valence electrons. The van der Waals surface area contributed by atoms with E-state index < -0.39 is 33.4 Å². The van der Waals surface area contributed by atoms with Crippen LogP contribution < -0.4 is 0 Å². The van der Waals surface area contributed by atoms with Crippen molar-refractivity contribution < 1.29 is 79.8 Å². The van der Waals surface area contributed by atoms with Gasteiger partial charge in [0, 0.05) is 27.3 Å². The summed E-state index contributed by atoms with van der Waals surface area (Å²) in [5.41, 5.74) is 0. The zero-order valence-electron chi connectivity index (χ0n) is 7.78. The molecule has 0 saturated carbocycles. The first-order valence-corrected chi connectivity index (χ1v) is 4.61. The third kappa shape index (κ3) is 2.86. The number of rotatable bonds is 3. The zero-order chi connectivity index (χ0) is 14.5. The summed E-state index contributed by atoms with van der Waals surface area (Å²) in [6, 6.07) is 0. The molecular weight excluding hydrogens is 412 g/mol. The molecule has 0 saturated heterocycles. The molecule has 0 aromatic rings. The maximum absolute atomic E-state index is 12.2. The molecule has 18 heavy (non-hydrogen) atoms. The Morgan fingerprint density at radius 3 is 1.17 bits per heavy atom. The van der Waals surface area contributed by atoms with Gasteiger partial charge in [0.05, 0.1) is 0 Å². The average molecular weight is 413 g/mol. The molecular formula is C4HCdF9O3S. The standard InChI is InChI=1S/C4HF9O3S.Cd/c5-1(6,3(9,10)11)2(7,8)4(12,13)17(14,15)16;/h(H,14,15,16);. The molecule has 0 spiro atoms. The van der Waals surface area contributed by atoms with Crippen molar-refractivity contribution in [2.24, 2.45) is 0 Å². The van der Waals surface area contributed by atoms with E-state index in [0.717, 1.165) is 0 Å². The zero-order valence-corrected chi connectivity index (χ0v) is 12.6. The van der Waals surface area contributed by atoms with Gasteiger partial charge in [0.25, 0.3) is 0 Å². The van der Waals surface area contributed by atoms with Crippen molar-refractivity contribution in [3.8, 4) is 0 Å². The van der Waals surface area contributed by atoms with Gasteiger partial charge in [0.15, 0.2) is 0 Å². The average Bonchev–Trinajstić information content (AvgIpc) is 1.98. The second-order valence-electron chi connectivity index (χ2n) is 2.64. The van der Waals surface area contributed by atoms with Crippen LogP contribution in [0.5, 0.6) is 0 Å². The van der Waals surface area contributed by atoms with Gasteiger partial charge < -0.3 is 0 Å². The van der Waals surface area contributed by atoms with E-state index in [0.29, 0.717) is 0 Å². The molecule has 0 aliphatic heterocycles. The van der Waals surface area contributed by atoms with Crippen LogP contribution in [0.25, 0.3) is 0 Å². The second-order valence-corrected chi connectivity index (χ2v) is 4.10. The normalized spacial score (nSPS) is 15.2. The summed E-state index contributed by atoms with van der Waals surface area (Å²) in [5.74, 6) is -14.7. The Hall–Kier alpha value is 0.202. The number of halogens is 9. The van der Waals surface area contributed by atoms with E-state index in [-0.39, 0.29) is 27.3 Å². The molecule has 0 heterocycles. The number of alkyl halides is 9. The van der Waals surface area contributed by atoms with Crippen LogP contribution in [0.2, 0.25) is 0 Å². The Bertz CT molecular complexity index is 399. The fourth-order valence-corrected chi connectivity index (χ4v) is 0.975. The van der Waals surface area contributed by atoms with Crippen molar-refractivity contribution in [3.05, 3.63) is 0 Å². The Morgan fingerprint density at radius 1 is 0.722 bits per heavy atom. The topological polar surface area (TPSA) is 54.4 Å². The van der Waals surface area contributed by atoms with Gasteiger partial charge in [-0.25, -0.2) is 0 Å². The Balaban J connectivity index is 0. The first kappa shape index (κ1) is 20.5. The third-order valence-electron chi connectivity index (χ3n) is 1.44. The summed E-state index contributed by atoms with van der Waals surface area (Å²) < 4.78 is 134. The molecule has 0 unspecified atom stereocenters. The SMILES string of the molecule is O=S(=O)(O)C(F)(F)C(F)(F)C(F)(F)C(F)(F)F.[Cd]. The van der Waals surface area contributed by atoms with Gasteiger partial charge in [-0.1, -0.05) is 0 Å². The van der Waals surface area contributed by atoms with E-state index in [1.54, 1.807) is 0 Å². The van der Waals surface area contributed by atoms with Crippen LogP contribution in [-0.4, -0.2) is 36.2 Å². The van der Waals surface area contributed by atoms with Gasteiger partial charge >= 0.3 is 33.4 Å². The monoisotopic (exact) mass is 414 g/mol. The van der Waals surface area contributed by atoms with E-state index in [1.165, 1.54) is 0 Å². The molecule has 0 bridgehead atoms. The van der Waals surface area contributed by atoms with Gasteiger partial charge in [-0.05, 0) is 0 Å². The summed E-state index contributed by atoms with van der Waals surface area (Å²) in [6.45, 7) is 0. The van der Waals surface area contributed by atoms with Crippen LogP contribution in [0.4, 0.5) is 39.5 Å². The van der Waals surface area contributed by atoms with Crippen LogP contribution in [0.3, 0.4) is 0 Å². The molecule has 0 rings (SSSR count). The Labute approximate surface area is 113 Å². The van der Waals surface area contributed by atoms with Crippen molar-refractivity contribution >= 4 is 10.1 Å². The van der Waals surface area contributed by atoms with Crippen LogP contribution in [0.1, 0.15) is 0 Å². The van der Waals surface area contributed by atoms with E-state index in [4.69, 9.17) is 4.55 Å².